The van der Waals surface area contributed by atoms with E-state index in [1.54, 1.807) is 25.3 Å². The highest BCUT2D eigenvalue weighted by atomic mass is 19.4. The summed E-state index contributed by atoms with van der Waals surface area (Å²) in [4.78, 5) is 12.5. The number of methoxy groups -OCH3 is 1. The lowest BCUT2D eigenvalue weighted by molar-refractivity contribution is -0.137. The lowest BCUT2D eigenvalue weighted by Crippen LogP contribution is -2.15. The SMILES string of the molecule is COCCOCCOCCOCCOCCOCCOCCOC(=O)c1ccccc1Nc1cccc(C(F)(F)F)c1. The van der Waals surface area contributed by atoms with Crippen molar-refractivity contribution in [3.05, 3.63) is 59.7 Å². The summed E-state index contributed by atoms with van der Waals surface area (Å²) in [5.74, 6) is -0.623. The third kappa shape index (κ3) is 16.0. The fraction of sp³-hybridized carbons (Fsp3) is 0.552. The van der Waals surface area contributed by atoms with Crippen LogP contribution in [0.4, 0.5) is 24.5 Å². The molecule has 0 bridgehead atoms. The van der Waals surface area contributed by atoms with Crippen LogP contribution in [-0.2, 0) is 44.1 Å². The number of ether oxygens (including phenoxy) is 8. The van der Waals surface area contributed by atoms with Gasteiger partial charge in [0.15, 0.2) is 0 Å². The van der Waals surface area contributed by atoms with E-state index in [-0.39, 0.29) is 24.5 Å². The first-order chi connectivity index (χ1) is 20.4. The standard InChI is InChI=1S/C29H40F3NO9/c1-35-9-10-36-11-12-37-13-14-38-15-16-39-17-18-40-19-20-41-21-22-42-28(34)26-7-2-3-8-27(26)33-25-6-4-5-24(23-25)29(30,31)32/h2-8,23,33H,9-22H2,1H3. The second-order valence-corrected chi connectivity index (χ2v) is 8.55. The molecule has 0 spiro atoms. The summed E-state index contributed by atoms with van der Waals surface area (Å²) in [5.41, 5.74) is -0.0730. The van der Waals surface area contributed by atoms with Gasteiger partial charge in [-0.2, -0.15) is 13.2 Å². The van der Waals surface area contributed by atoms with Crippen LogP contribution in [0.3, 0.4) is 0 Å². The first-order valence-corrected chi connectivity index (χ1v) is 13.6. The molecule has 0 aliphatic rings. The van der Waals surface area contributed by atoms with Crippen molar-refractivity contribution in [2.75, 3.05) is 105 Å². The summed E-state index contributed by atoms with van der Waals surface area (Å²) in [7, 11) is 1.62. The molecule has 0 unspecified atom stereocenters. The molecule has 236 valence electrons. The molecule has 0 aromatic heterocycles. The van der Waals surface area contributed by atoms with Gasteiger partial charge in [-0.1, -0.05) is 18.2 Å². The number of para-hydroxylation sites is 1. The first-order valence-electron chi connectivity index (χ1n) is 13.6. The van der Waals surface area contributed by atoms with E-state index in [2.05, 4.69) is 5.32 Å². The van der Waals surface area contributed by atoms with Gasteiger partial charge < -0.3 is 43.2 Å². The van der Waals surface area contributed by atoms with E-state index >= 15 is 0 Å². The summed E-state index contributed by atoms with van der Waals surface area (Å²) in [5, 5.41) is 2.85. The minimum Gasteiger partial charge on any atom is -0.460 e. The highest BCUT2D eigenvalue weighted by molar-refractivity contribution is 5.96. The molecular formula is C29H40F3NO9. The fourth-order valence-corrected chi connectivity index (χ4v) is 3.31. The Bertz CT molecular complexity index is 995. The maximum atomic E-state index is 13.0. The molecule has 0 fully saturated rings. The number of nitrogens with one attached hydrogen (secondary N) is 1. The predicted molar refractivity (Wildman–Crippen MR) is 148 cm³/mol. The maximum Gasteiger partial charge on any atom is 0.416 e. The molecular weight excluding hydrogens is 563 g/mol. The van der Waals surface area contributed by atoms with Crippen LogP contribution in [0.5, 0.6) is 0 Å². The van der Waals surface area contributed by atoms with Gasteiger partial charge in [-0.3, -0.25) is 0 Å². The number of hydrogen-bond acceptors (Lipinski definition) is 10. The van der Waals surface area contributed by atoms with Crippen molar-refractivity contribution < 1.29 is 55.9 Å². The zero-order valence-electron chi connectivity index (χ0n) is 23.8. The Hall–Kier alpha value is -2.78. The molecule has 0 heterocycles. The van der Waals surface area contributed by atoms with Crippen LogP contribution in [0.2, 0.25) is 0 Å². The monoisotopic (exact) mass is 603 g/mol. The zero-order valence-corrected chi connectivity index (χ0v) is 23.8. The van der Waals surface area contributed by atoms with Crippen LogP contribution in [0, 0.1) is 0 Å². The first kappa shape index (κ1) is 35.4. The third-order valence-electron chi connectivity index (χ3n) is 5.37. The number of alkyl halides is 3. The third-order valence-corrected chi connectivity index (χ3v) is 5.37. The molecule has 2 aromatic carbocycles. The van der Waals surface area contributed by atoms with Gasteiger partial charge in [-0.15, -0.1) is 0 Å². The number of anilines is 2. The summed E-state index contributed by atoms with van der Waals surface area (Å²) in [6, 6.07) is 11.1. The lowest BCUT2D eigenvalue weighted by atomic mass is 10.1. The van der Waals surface area contributed by atoms with Gasteiger partial charge in [0.05, 0.1) is 103 Å². The van der Waals surface area contributed by atoms with Crippen molar-refractivity contribution >= 4 is 17.3 Å². The van der Waals surface area contributed by atoms with E-state index in [1.165, 1.54) is 18.2 Å². The topological polar surface area (TPSA) is 103 Å². The molecule has 13 heteroatoms. The van der Waals surface area contributed by atoms with Gasteiger partial charge in [-0.25, -0.2) is 4.79 Å². The average molecular weight is 604 g/mol. The predicted octanol–water partition coefficient (Wildman–Crippen LogP) is 4.35. The number of esters is 1. The van der Waals surface area contributed by atoms with Gasteiger partial charge in [-0.05, 0) is 30.3 Å². The second kappa shape index (κ2) is 21.9. The van der Waals surface area contributed by atoms with Crippen LogP contribution in [0.15, 0.2) is 48.5 Å². The number of hydrogen-bond donors (Lipinski definition) is 1. The van der Waals surface area contributed by atoms with Crippen molar-refractivity contribution in [3.63, 3.8) is 0 Å². The molecule has 2 rings (SSSR count). The summed E-state index contributed by atoms with van der Waals surface area (Å²) in [6.45, 7) is 5.69. The maximum absolute atomic E-state index is 13.0. The second-order valence-electron chi connectivity index (χ2n) is 8.55. The Morgan fingerprint density at radius 2 is 1.12 bits per heavy atom. The Kier molecular flexibility index (Phi) is 18.4. The van der Waals surface area contributed by atoms with Crippen LogP contribution in [0.1, 0.15) is 15.9 Å². The molecule has 2 aromatic rings. The molecule has 0 radical (unpaired) electrons. The van der Waals surface area contributed by atoms with Crippen LogP contribution >= 0.6 is 0 Å². The lowest BCUT2D eigenvalue weighted by Gasteiger charge is -2.13. The quantitative estimate of drug-likeness (QED) is 0.138. The normalized spacial score (nSPS) is 11.5. The Morgan fingerprint density at radius 1 is 0.643 bits per heavy atom. The average Bonchev–Trinajstić information content (AvgIpc) is 2.98. The summed E-state index contributed by atoms with van der Waals surface area (Å²) in [6.07, 6.45) is -4.47. The highest BCUT2D eigenvalue weighted by Gasteiger charge is 2.30. The van der Waals surface area contributed by atoms with Crippen LogP contribution < -0.4 is 5.32 Å². The van der Waals surface area contributed by atoms with Gasteiger partial charge in [0.2, 0.25) is 0 Å². The Labute approximate surface area is 244 Å². The van der Waals surface area contributed by atoms with E-state index in [4.69, 9.17) is 37.9 Å². The minimum atomic E-state index is -4.47. The van der Waals surface area contributed by atoms with Gasteiger partial charge >= 0.3 is 12.1 Å². The molecule has 0 saturated heterocycles. The van der Waals surface area contributed by atoms with E-state index in [1.807, 2.05) is 0 Å². The van der Waals surface area contributed by atoms with Gasteiger partial charge in [0, 0.05) is 12.8 Å². The molecule has 0 amide bonds. The number of carbonyl (C=O) groups excluding carboxylic acids is 1. The van der Waals surface area contributed by atoms with E-state index in [9.17, 15) is 18.0 Å². The number of rotatable bonds is 24. The molecule has 10 nitrogen and oxygen atoms in total. The summed E-state index contributed by atoms with van der Waals surface area (Å²) < 4.78 is 81.4. The van der Waals surface area contributed by atoms with E-state index in [0.29, 0.717) is 85.0 Å². The molecule has 0 aliphatic carbocycles. The van der Waals surface area contributed by atoms with Crippen molar-refractivity contribution in [2.24, 2.45) is 0 Å². The van der Waals surface area contributed by atoms with Crippen molar-refractivity contribution in [2.45, 2.75) is 6.18 Å². The smallest absolute Gasteiger partial charge is 0.416 e. The molecule has 0 atom stereocenters. The fourth-order valence-electron chi connectivity index (χ4n) is 3.31. The number of benzene rings is 2. The van der Waals surface area contributed by atoms with Crippen LogP contribution in [-0.4, -0.2) is 106 Å². The minimum absolute atomic E-state index is 0.00699. The van der Waals surface area contributed by atoms with Crippen LogP contribution in [0.25, 0.3) is 0 Å². The molecule has 0 aliphatic heterocycles. The van der Waals surface area contributed by atoms with Crippen molar-refractivity contribution in [1.82, 2.24) is 0 Å². The highest BCUT2D eigenvalue weighted by Crippen LogP contribution is 2.32. The molecule has 0 saturated carbocycles. The zero-order chi connectivity index (χ0) is 30.3. The van der Waals surface area contributed by atoms with E-state index in [0.717, 1.165) is 12.1 Å². The Morgan fingerprint density at radius 3 is 1.62 bits per heavy atom. The molecule has 1 N–H and O–H groups in total. The van der Waals surface area contributed by atoms with Crippen molar-refractivity contribution in [1.29, 1.82) is 0 Å². The van der Waals surface area contributed by atoms with E-state index < -0.39 is 17.7 Å². The number of carbonyl (C=O) groups is 1. The summed E-state index contributed by atoms with van der Waals surface area (Å²) >= 11 is 0. The number of halogens is 3. The van der Waals surface area contributed by atoms with Gasteiger partial charge in [0.25, 0.3) is 0 Å². The Balaban J connectivity index is 1.45. The largest absolute Gasteiger partial charge is 0.460 e. The van der Waals surface area contributed by atoms with Gasteiger partial charge in [0.1, 0.15) is 6.61 Å². The molecule has 42 heavy (non-hydrogen) atoms. The van der Waals surface area contributed by atoms with Crippen molar-refractivity contribution in [3.8, 4) is 0 Å².